The van der Waals surface area contributed by atoms with E-state index in [0.29, 0.717) is 39.3 Å². The van der Waals surface area contributed by atoms with Crippen LogP contribution in [0.1, 0.15) is 77.9 Å². The third kappa shape index (κ3) is 11.8. The predicted octanol–water partition coefficient (Wildman–Crippen LogP) is 5.96. The van der Waals surface area contributed by atoms with Crippen molar-refractivity contribution >= 4 is 75.4 Å². The first kappa shape index (κ1) is 47.6. The second-order valence-corrected chi connectivity index (χ2v) is 18.4. The highest BCUT2D eigenvalue weighted by atomic mass is 35.5. The molecule has 4 N–H and O–H groups in total. The van der Waals surface area contributed by atoms with E-state index in [1.807, 2.05) is 13.8 Å². The van der Waals surface area contributed by atoms with Crippen molar-refractivity contribution in [1.82, 2.24) is 35.0 Å². The first-order valence-corrected chi connectivity index (χ1v) is 21.3. The van der Waals surface area contributed by atoms with Crippen molar-refractivity contribution in [3.8, 4) is 5.69 Å². The summed E-state index contributed by atoms with van der Waals surface area (Å²) in [7, 11) is 0. The fraction of sp³-hybridized carbons (Fsp3) is 0.400. The van der Waals surface area contributed by atoms with Crippen molar-refractivity contribution in [3.63, 3.8) is 0 Å². The van der Waals surface area contributed by atoms with Crippen LogP contribution in [-0.4, -0.2) is 114 Å². The number of hydrogen-bond donors (Lipinski definition) is 4. The highest BCUT2D eigenvalue weighted by Crippen LogP contribution is 2.31. The summed E-state index contributed by atoms with van der Waals surface area (Å²) in [5.41, 5.74) is 0.415. The molecule has 344 valence electrons. The molecule has 2 atom stereocenters. The molecule has 20 heteroatoms. The van der Waals surface area contributed by atoms with Crippen molar-refractivity contribution in [2.24, 2.45) is 5.92 Å². The molecular weight excluding hydrogens is 860 g/mol. The maximum absolute atomic E-state index is 14.5. The van der Waals surface area contributed by atoms with Crippen LogP contribution in [0.3, 0.4) is 0 Å². The van der Waals surface area contributed by atoms with Gasteiger partial charge in [0.2, 0.25) is 5.91 Å². The lowest BCUT2D eigenvalue weighted by molar-refractivity contribution is -0.149. The van der Waals surface area contributed by atoms with Crippen LogP contribution in [0.4, 0.5) is 26.7 Å². The molecular formula is C45H53ClN10O9. The van der Waals surface area contributed by atoms with E-state index < -0.39 is 59.1 Å². The normalized spacial score (nSPS) is 14.3. The predicted molar refractivity (Wildman–Crippen MR) is 242 cm³/mol. The van der Waals surface area contributed by atoms with E-state index in [1.165, 1.54) is 39.0 Å². The highest BCUT2D eigenvalue weighted by molar-refractivity contribution is 6.41. The quantitative estimate of drug-likeness (QED) is 0.0792. The van der Waals surface area contributed by atoms with Crippen molar-refractivity contribution < 1.29 is 43.3 Å². The van der Waals surface area contributed by atoms with Crippen LogP contribution >= 0.6 is 11.6 Å². The van der Waals surface area contributed by atoms with E-state index in [0.717, 1.165) is 4.57 Å². The zero-order valence-corrected chi connectivity index (χ0v) is 38.2. The van der Waals surface area contributed by atoms with Crippen LogP contribution in [0.5, 0.6) is 0 Å². The van der Waals surface area contributed by atoms with Crippen LogP contribution < -0.4 is 20.9 Å². The Labute approximate surface area is 380 Å². The Bertz CT molecular complexity index is 2580. The minimum atomic E-state index is -1.24. The van der Waals surface area contributed by atoms with E-state index >= 15 is 0 Å². The number of benzene rings is 3. The third-order valence-electron chi connectivity index (χ3n) is 9.96. The Morgan fingerprint density at radius 1 is 0.831 bits per heavy atom. The lowest BCUT2D eigenvalue weighted by Gasteiger charge is -2.38. The summed E-state index contributed by atoms with van der Waals surface area (Å²) < 4.78 is 13.7. The Balaban J connectivity index is 1.30. The maximum atomic E-state index is 14.5. The molecule has 5 aromatic rings. The van der Waals surface area contributed by atoms with Crippen LogP contribution in [-0.2, 0) is 30.3 Å². The zero-order valence-electron chi connectivity index (χ0n) is 37.4. The molecule has 5 amide bonds. The van der Waals surface area contributed by atoms with Crippen LogP contribution in [0.2, 0.25) is 5.02 Å². The first-order valence-electron chi connectivity index (χ1n) is 21.0. The van der Waals surface area contributed by atoms with Crippen LogP contribution in [0, 0.1) is 5.92 Å². The summed E-state index contributed by atoms with van der Waals surface area (Å²) in [5, 5.41) is 30.1. The summed E-state index contributed by atoms with van der Waals surface area (Å²) in [6.07, 6.45) is 1.06. The molecule has 6 rings (SSSR count). The molecule has 1 aliphatic rings. The molecule has 1 fully saturated rings. The van der Waals surface area contributed by atoms with Gasteiger partial charge < -0.3 is 40.3 Å². The number of fused-ring (bicyclic) bond motifs is 1. The summed E-state index contributed by atoms with van der Waals surface area (Å²) in [5.74, 6) is -3.04. The SMILES string of the molecule is CC(C)CC(CO)NC(=O)Nc1ccc(CC(C(=O)Nc2ccc3c(c2)cc(C(=O)OC(C)(C)C)n3C(=O)OC(C)(C)C)N2CCN(c3cc(Cl)ccc3-n3cnnn3)C(=O)C2=O)cc1. The third-order valence-corrected chi connectivity index (χ3v) is 10.2. The number of carbonyl (C=O) groups is 6. The molecule has 0 spiro atoms. The highest BCUT2D eigenvalue weighted by Gasteiger charge is 2.41. The van der Waals surface area contributed by atoms with Gasteiger partial charge in [0.05, 0.1) is 29.5 Å². The number of amides is 5. The van der Waals surface area contributed by atoms with Gasteiger partial charge in [-0.15, -0.1) is 5.10 Å². The van der Waals surface area contributed by atoms with E-state index in [-0.39, 0.29) is 49.1 Å². The van der Waals surface area contributed by atoms with Gasteiger partial charge in [-0.1, -0.05) is 37.6 Å². The minimum absolute atomic E-state index is 0.0228. The van der Waals surface area contributed by atoms with Gasteiger partial charge in [0.25, 0.3) is 0 Å². The number of halogens is 1. The Morgan fingerprint density at radius 2 is 1.52 bits per heavy atom. The monoisotopic (exact) mass is 912 g/mol. The number of carbonyl (C=O) groups excluding carboxylic acids is 6. The van der Waals surface area contributed by atoms with Crippen LogP contribution in [0.25, 0.3) is 16.6 Å². The average molecular weight is 913 g/mol. The van der Waals surface area contributed by atoms with Gasteiger partial charge in [-0.3, -0.25) is 14.4 Å². The van der Waals surface area contributed by atoms with E-state index in [2.05, 4.69) is 31.5 Å². The molecule has 0 bridgehead atoms. The Hall–Kier alpha value is -6.86. The molecule has 3 heterocycles. The molecule has 3 aromatic carbocycles. The van der Waals surface area contributed by atoms with Gasteiger partial charge in [0.15, 0.2) is 0 Å². The van der Waals surface area contributed by atoms with Crippen LogP contribution in [0.15, 0.2) is 73.1 Å². The number of rotatable bonds is 13. The number of piperazine rings is 1. The molecule has 1 saturated heterocycles. The van der Waals surface area contributed by atoms with Gasteiger partial charge in [0, 0.05) is 41.3 Å². The lowest BCUT2D eigenvalue weighted by atomic mass is 10.0. The molecule has 2 unspecified atom stereocenters. The van der Waals surface area contributed by atoms with Gasteiger partial charge in [0.1, 0.15) is 29.3 Å². The number of urea groups is 1. The second-order valence-electron chi connectivity index (χ2n) is 18.0. The lowest BCUT2D eigenvalue weighted by Crippen LogP contribution is -2.60. The Kier molecular flexibility index (Phi) is 14.3. The largest absolute Gasteiger partial charge is 0.455 e. The van der Waals surface area contributed by atoms with E-state index in [9.17, 15) is 33.9 Å². The zero-order chi connectivity index (χ0) is 47.4. The second kappa shape index (κ2) is 19.5. The Morgan fingerprint density at radius 3 is 2.15 bits per heavy atom. The fourth-order valence-electron chi connectivity index (χ4n) is 7.25. The number of aromatic nitrogens is 5. The van der Waals surface area contributed by atoms with Crippen molar-refractivity contribution in [1.29, 1.82) is 0 Å². The summed E-state index contributed by atoms with van der Waals surface area (Å²) in [4.78, 5) is 84.9. The van der Waals surface area contributed by atoms with E-state index in [1.54, 1.807) is 90.1 Å². The standard InChI is InChI=1S/C45H53ClN10O9/c1-26(2)19-32(24-57)50-42(62)49-30-12-9-27(10-13-30)20-36(54-18-17-53(39(59)40(54)60)35-23-29(46)11-15-34(35)55-25-47-51-52-55)38(58)48-31-14-16-33-28(21-31)22-37(41(61)64-44(3,4)5)56(33)43(63)65-45(6,7)8/h9-16,21-23,25-26,32,36,57H,17-20,24H2,1-8H3,(H,48,58)(H2,49,50,62). The molecule has 65 heavy (non-hydrogen) atoms. The number of esters is 1. The molecule has 0 saturated carbocycles. The number of aliphatic hydroxyl groups excluding tert-OH is 1. The average Bonchev–Trinajstić information content (AvgIpc) is 3.89. The van der Waals surface area contributed by atoms with Gasteiger partial charge in [-0.2, -0.15) is 4.68 Å². The molecule has 19 nitrogen and oxygen atoms in total. The number of hydrogen-bond acceptors (Lipinski definition) is 12. The number of anilines is 3. The minimum Gasteiger partial charge on any atom is -0.455 e. The van der Waals surface area contributed by atoms with Crippen molar-refractivity contribution in [3.05, 3.63) is 89.3 Å². The smallest absolute Gasteiger partial charge is 0.419 e. The topological polar surface area (TPSA) is 232 Å². The fourth-order valence-corrected chi connectivity index (χ4v) is 7.42. The van der Waals surface area contributed by atoms with Crippen molar-refractivity contribution in [2.45, 2.75) is 91.5 Å². The maximum Gasteiger partial charge on any atom is 0.419 e. The van der Waals surface area contributed by atoms with Gasteiger partial charge in [-0.05, 0) is 124 Å². The molecule has 0 aliphatic carbocycles. The number of ether oxygens (including phenoxy) is 2. The van der Waals surface area contributed by atoms with Gasteiger partial charge in [-0.25, -0.2) is 19.0 Å². The van der Waals surface area contributed by atoms with Gasteiger partial charge >= 0.3 is 29.9 Å². The molecule has 0 radical (unpaired) electrons. The number of tetrazole rings is 1. The molecule has 2 aromatic heterocycles. The van der Waals surface area contributed by atoms with E-state index in [4.69, 9.17) is 21.1 Å². The summed E-state index contributed by atoms with van der Waals surface area (Å²) >= 11 is 6.35. The summed E-state index contributed by atoms with van der Waals surface area (Å²) in [6.45, 7) is 13.9. The number of nitrogens with zero attached hydrogens (tertiary/aromatic N) is 7. The van der Waals surface area contributed by atoms with Crippen molar-refractivity contribution in [2.75, 3.05) is 35.2 Å². The number of nitrogens with one attached hydrogen (secondary N) is 3. The molecule has 1 aliphatic heterocycles. The number of aliphatic hydroxyl groups is 1. The summed E-state index contributed by atoms with van der Waals surface area (Å²) in [6, 6.07) is 15.3. The first-order chi connectivity index (χ1) is 30.6.